The zero-order chi connectivity index (χ0) is 17.1. The van der Waals surface area contributed by atoms with Crippen LogP contribution >= 0.6 is 0 Å². The summed E-state index contributed by atoms with van der Waals surface area (Å²) in [5, 5.41) is 4.15. The van der Waals surface area contributed by atoms with E-state index in [1.54, 1.807) is 36.9 Å². The van der Waals surface area contributed by atoms with Gasteiger partial charge < -0.3 is 10.3 Å². The first kappa shape index (κ1) is 15.1. The number of benzene rings is 1. The fraction of sp³-hybridized carbons (Fsp3) is 0.0500. The molecule has 0 bridgehead atoms. The molecular weight excluding hydrogens is 312 g/mol. The van der Waals surface area contributed by atoms with E-state index < -0.39 is 0 Å². The summed E-state index contributed by atoms with van der Waals surface area (Å²) in [6, 6.07) is 17.1. The Balaban J connectivity index is 1.73. The van der Waals surface area contributed by atoms with Gasteiger partial charge in [0.1, 0.15) is 0 Å². The number of amides is 1. The molecular formula is C20H16N4O. The molecule has 0 fully saturated rings. The van der Waals surface area contributed by atoms with Crippen LogP contribution in [0.25, 0.3) is 10.9 Å². The van der Waals surface area contributed by atoms with Crippen LogP contribution in [0.3, 0.4) is 0 Å². The van der Waals surface area contributed by atoms with Crippen LogP contribution < -0.4 is 5.32 Å². The largest absolute Gasteiger partial charge is 0.355 e. The number of pyridine rings is 2. The van der Waals surface area contributed by atoms with Crippen molar-refractivity contribution in [1.29, 1.82) is 0 Å². The summed E-state index contributed by atoms with van der Waals surface area (Å²) in [5.74, 6) is -0.168. The van der Waals surface area contributed by atoms with Gasteiger partial charge in [-0.2, -0.15) is 0 Å². The minimum atomic E-state index is -0.290. The lowest BCUT2D eigenvalue weighted by Gasteiger charge is -2.18. The minimum absolute atomic E-state index is 0.168. The summed E-state index contributed by atoms with van der Waals surface area (Å²) in [4.78, 5) is 24.2. The highest BCUT2D eigenvalue weighted by Crippen LogP contribution is 2.25. The third-order valence-corrected chi connectivity index (χ3v) is 4.09. The molecule has 5 nitrogen and oxygen atoms in total. The van der Waals surface area contributed by atoms with Crippen LogP contribution in [-0.2, 0) is 0 Å². The maximum Gasteiger partial charge on any atom is 0.253 e. The van der Waals surface area contributed by atoms with E-state index in [1.807, 2.05) is 42.5 Å². The van der Waals surface area contributed by atoms with Crippen LogP contribution in [0.15, 0.2) is 79.4 Å². The summed E-state index contributed by atoms with van der Waals surface area (Å²) in [7, 11) is 0. The van der Waals surface area contributed by atoms with Gasteiger partial charge in [0, 0.05) is 29.7 Å². The molecule has 25 heavy (non-hydrogen) atoms. The van der Waals surface area contributed by atoms with Gasteiger partial charge in [0.2, 0.25) is 0 Å². The first-order valence-corrected chi connectivity index (χ1v) is 8.00. The Bertz CT molecular complexity index is 963. The number of aromatic nitrogens is 3. The normalized spacial score (nSPS) is 12.0. The predicted octanol–water partition coefficient (Wildman–Crippen LogP) is 3.48. The molecule has 0 unspecified atom stereocenters. The highest BCUT2D eigenvalue weighted by atomic mass is 16.1. The molecule has 4 aromatic rings. The average molecular weight is 328 g/mol. The molecule has 1 atom stereocenters. The van der Waals surface area contributed by atoms with Gasteiger partial charge in [-0.3, -0.25) is 14.8 Å². The molecule has 2 N–H and O–H groups in total. The van der Waals surface area contributed by atoms with Gasteiger partial charge in [0.05, 0.1) is 23.3 Å². The second kappa shape index (κ2) is 6.57. The number of H-pyrrole nitrogens is 1. The van der Waals surface area contributed by atoms with Crippen LogP contribution in [0.1, 0.15) is 27.7 Å². The third-order valence-electron chi connectivity index (χ3n) is 4.09. The Kier molecular flexibility index (Phi) is 3.96. The van der Waals surface area contributed by atoms with Crippen molar-refractivity contribution >= 4 is 16.8 Å². The van der Waals surface area contributed by atoms with Crippen LogP contribution in [0.4, 0.5) is 0 Å². The highest BCUT2D eigenvalue weighted by molar-refractivity contribution is 5.94. The Morgan fingerprint density at radius 1 is 0.960 bits per heavy atom. The van der Waals surface area contributed by atoms with Crippen molar-refractivity contribution in [2.75, 3.05) is 0 Å². The van der Waals surface area contributed by atoms with Crippen molar-refractivity contribution in [3.63, 3.8) is 0 Å². The minimum Gasteiger partial charge on any atom is -0.355 e. The number of carbonyl (C=O) groups is 1. The van der Waals surface area contributed by atoms with Gasteiger partial charge in [0.25, 0.3) is 5.91 Å². The summed E-state index contributed by atoms with van der Waals surface area (Å²) in [6.45, 7) is 0. The molecule has 0 aliphatic heterocycles. The number of fused-ring (bicyclic) bond motifs is 1. The predicted molar refractivity (Wildman–Crippen MR) is 96.1 cm³/mol. The van der Waals surface area contributed by atoms with Crippen LogP contribution in [-0.4, -0.2) is 20.9 Å². The van der Waals surface area contributed by atoms with Crippen molar-refractivity contribution < 1.29 is 4.79 Å². The second-order valence-electron chi connectivity index (χ2n) is 5.75. The molecule has 1 amide bonds. The zero-order valence-corrected chi connectivity index (χ0v) is 13.4. The maximum absolute atomic E-state index is 12.6. The molecule has 0 radical (unpaired) electrons. The molecule has 0 saturated heterocycles. The molecule has 0 aliphatic carbocycles. The van der Waals surface area contributed by atoms with Crippen molar-refractivity contribution in [1.82, 2.24) is 20.3 Å². The number of carbonyl (C=O) groups excluding carboxylic acids is 1. The fourth-order valence-corrected chi connectivity index (χ4v) is 2.85. The molecule has 3 aromatic heterocycles. The molecule has 3 heterocycles. The lowest BCUT2D eigenvalue weighted by molar-refractivity contribution is 0.0942. The fourth-order valence-electron chi connectivity index (χ4n) is 2.85. The lowest BCUT2D eigenvalue weighted by Crippen LogP contribution is -2.29. The van der Waals surface area contributed by atoms with Gasteiger partial charge in [-0.05, 0) is 29.8 Å². The quantitative estimate of drug-likeness (QED) is 0.602. The SMILES string of the molecule is O=C(N[C@H](c1ccccc1)c1cc2ccncc2[nH]1)c1cccnc1. The van der Waals surface area contributed by atoms with Crippen LogP contribution in [0, 0.1) is 0 Å². The molecule has 1 aromatic carbocycles. The first-order valence-electron chi connectivity index (χ1n) is 8.00. The average Bonchev–Trinajstić information content (AvgIpc) is 3.11. The summed E-state index contributed by atoms with van der Waals surface area (Å²) < 4.78 is 0. The van der Waals surface area contributed by atoms with Gasteiger partial charge in [-0.15, -0.1) is 0 Å². The number of nitrogens with one attached hydrogen (secondary N) is 2. The molecule has 0 aliphatic rings. The molecule has 5 heteroatoms. The van der Waals surface area contributed by atoms with Crippen molar-refractivity contribution in [2.24, 2.45) is 0 Å². The standard InChI is InChI=1S/C20H16N4O/c25-20(16-7-4-9-21-12-16)24-19(14-5-2-1-3-6-14)17-11-15-8-10-22-13-18(15)23-17/h1-13,19,23H,(H,24,25)/t19-/m1/s1. The van der Waals surface area contributed by atoms with Gasteiger partial charge in [0.15, 0.2) is 0 Å². The van der Waals surface area contributed by atoms with E-state index in [0.717, 1.165) is 22.2 Å². The maximum atomic E-state index is 12.6. The molecule has 4 rings (SSSR count). The number of nitrogens with zero attached hydrogens (tertiary/aromatic N) is 2. The van der Waals surface area contributed by atoms with Crippen LogP contribution in [0.2, 0.25) is 0 Å². The monoisotopic (exact) mass is 328 g/mol. The van der Waals surface area contributed by atoms with E-state index in [1.165, 1.54) is 0 Å². The zero-order valence-electron chi connectivity index (χ0n) is 13.4. The molecule has 0 saturated carbocycles. The van der Waals surface area contributed by atoms with Gasteiger partial charge in [-0.25, -0.2) is 0 Å². The van der Waals surface area contributed by atoms with Gasteiger partial charge >= 0.3 is 0 Å². The van der Waals surface area contributed by atoms with E-state index in [-0.39, 0.29) is 11.9 Å². The molecule has 0 spiro atoms. The first-order chi connectivity index (χ1) is 12.3. The molecule has 122 valence electrons. The van der Waals surface area contributed by atoms with Crippen molar-refractivity contribution in [3.8, 4) is 0 Å². The van der Waals surface area contributed by atoms with Crippen LogP contribution in [0.5, 0.6) is 0 Å². The number of aromatic amines is 1. The van der Waals surface area contributed by atoms with E-state index in [2.05, 4.69) is 20.3 Å². The number of rotatable bonds is 4. The summed E-state index contributed by atoms with van der Waals surface area (Å²) in [5.41, 5.74) is 3.38. The van der Waals surface area contributed by atoms with E-state index >= 15 is 0 Å². The van der Waals surface area contributed by atoms with E-state index in [0.29, 0.717) is 5.56 Å². The van der Waals surface area contributed by atoms with E-state index in [9.17, 15) is 4.79 Å². The lowest BCUT2D eigenvalue weighted by atomic mass is 10.0. The Labute approximate surface area is 144 Å². The third kappa shape index (κ3) is 3.12. The van der Waals surface area contributed by atoms with E-state index in [4.69, 9.17) is 0 Å². The Hall–Kier alpha value is -3.47. The number of hydrogen-bond acceptors (Lipinski definition) is 3. The highest BCUT2D eigenvalue weighted by Gasteiger charge is 2.19. The van der Waals surface area contributed by atoms with Crippen molar-refractivity contribution in [2.45, 2.75) is 6.04 Å². The Morgan fingerprint density at radius 2 is 1.80 bits per heavy atom. The van der Waals surface area contributed by atoms with Crippen molar-refractivity contribution in [3.05, 3.63) is 96.2 Å². The second-order valence-corrected chi connectivity index (χ2v) is 5.75. The smallest absolute Gasteiger partial charge is 0.253 e. The number of hydrogen-bond donors (Lipinski definition) is 2. The van der Waals surface area contributed by atoms with Gasteiger partial charge in [-0.1, -0.05) is 30.3 Å². The topological polar surface area (TPSA) is 70.7 Å². The summed E-state index contributed by atoms with van der Waals surface area (Å²) >= 11 is 0. The summed E-state index contributed by atoms with van der Waals surface area (Å²) in [6.07, 6.45) is 6.75. The Morgan fingerprint density at radius 3 is 2.56 bits per heavy atom.